The summed E-state index contributed by atoms with van der Waals surface area (Å²) in [5.41, 5.74) is 1.72. The summed E-state index contributed by atoms with van der Waals surface area (Å²) in [5.74, 6) is 0.735. The summed E-state index contributed by atoms with van der Waals surface area (Å²) >= 11 is 1.66. The van der Waals surface area contributed by atoms with Crippen molar-refractivity contribution in [3.8, 4) is 0 Å². The second-order valence-electron chi connectivity index (χ2n) is 5.70. The third kappa shape index (κ3) is 3.04. The Morgan fingerprint density at radius 2 is 2.50 bits per heavy atom. The van der Waals surface area contributed by atoms with Crippen molar-refractivity contribution in [3.05, 3.63) is 23.2 Å². The van der Waals surface area contributed by atoms with Crippen LogP contribution in [0.3, 0.4) is 0 Å². The summed E-state index contributed by atoms with van der Waals surface area (Å²) in [5, 5.41) is 5.06. The van der Waals surface area contributed by atoms with Crippen LogP contribution < -0.4 is 5.32 Å². The minimum atomic E-state index is 0.0116. The number of hydrogen-bond acceptors (Lipinski definition) is 3. The van der Waals surface area contributed by atoms with Gasteiger partial charge in [-0.15, -0.1) is 11.3 Å². The van der Waals surface area contributed by atoms with Gasteiger partial charge in [-0.25, -0.2) is 0 Å². The van der Waals surface area contributed by atoms with E-state index in [1.807, 2.05) is 17.5 Å². The van der Waals surface area contributed by atoms with Crippen LogP contribution in [0.4, 0.5) is 0 Å². The average Bonchev–Trinajstić information content (AvgIpc) is 2.99. The van der Waals surface area contributed by atoms with E-state index in [9.17, 15) is 4.79 Å². The van der Waals surface area contributed by atoms with Gasteiger partial charge in [-0.05, 0) is 56.3 Å². The molecule has 0 saturated carbocycles. The van der Waals surface area contributed by atoms with Crippen LogP contribution in [0.2, 0.25) is 0 Å². The zero-order chi connectivity index (χ0) is 13.9. The molecule has 2 N–H and O–H groups in total. The Morgan fingerprint density at radius 1 is 1.60 bits per heavy atom. The first-order valence-electron chi connectivity index (χ1n) is 7.25. The highest BCUT2D eigenvalue weighted by Gasteiger charge is 2.17. The maximum absolute atomic E-state index is 12.1. The maximum Gasteiger partial charge on any atom is 0.267 e. The number of piperidine rings is 1. The van der Waals surface area contributed by atoms with Gasteiger partial charge in [-0.2, -0.15) is 0 Å². The number of hydrogen-bond donors (Lipinski definition) is 2. The Bertz CT molecular complexity index is 560. The van der Waals surface area contributed by atoms with Crippen molar-refractivity contribution >= 4 is 27.5 Å². The molecule has 0 aliphatic carbocycles. The summed E-state index contributed by atoms with van der Waals surface area (Å²) in [6.07, 6.45) is 3.64. The third-order valence-electron chi connectivity index (χ3n) is 4.04. The number of fused-ring (bicyclic) bond motifs is 1. The molecule has 20 heavy (non-hydrogen) atoms. The average molecular weight is 291 g/mol. The van der Waals surface area contributed by atoms with Gasteiger partial charge in [0.25, 0.3) is 5.91 Å². The van der Waals surface area contributed by atoms with Crippen LogP contribution in [-0.2, 0) is 0 Å². The minimum absolute atomic E-state index is 0.0116. The summed E-state index contributed by atoms with van der Waals surface area (Å²) in [6, 6.07) is 3.94. The van der Waals surface area contributed by atoms with E-state index < -0.39 is 0 Å². The van der Waals surface area contributed by atoms with Crippen molar-refractivity contribution in [2.45, 2.75) is 19.3 Å². The van der Waals surface area contributed by atoms with Crippen LogP contribution in [0.5, 0.6) is 0 Å². The molecule has 1 fully saturated rings. The Morgan fingerprint density at radius 3 is 3.30 bits per heavy atom. The molecule has 0 unspecified atom stereocenters. The topological polar surface area (TPSA) is 48.1 Å². The molecule has 0 spiro atoms. The molecule has 0 aromatic carbocycles. The number of rotatable bonds is 4. The van der Waals surface area contributed by atoms with Crippen molar-refractivity contribution in [2.24, 2.45) is 5.92 Å². The number of nitrogens with zero attached hydrogens (tertiary/aromatic N) is 1. The number of likely N-dealkylation sites (tertiary alicyclic amines) is 1. The van der Waals surface area contributed by atoms with Crippen LogP contribution in [0.1, 0.15) is 29.8 Å². The van der Waals surface area contributed by atoms with E-state index in [1.54, 1.807) is 11.3 Å². The predicted octanol–water partition coefficient (Wildman–Crippen LogP) is 2.69. The number of carbonyl (C=O) groups is 1. The first-order valence-corrected chi connectivity index (χ1v) is 8.13. The summed E-state index contributed by atoms with van der Waals surface area (Å²) in [4.78, 5) is 17.6. The number of thiophene rings is 1. The van der Waals surface area contributed by atoms with E-state index in [1.165, 1.54) is 19.4 Å². The van der Waals surface area contributed by atoms with Gasteiger partial charge in [0, 0.05) is 13.1 Å². The number of nitrogens with one attached hydrogen (secondary N) is 2. The van der Waals surface area contributed by atoms with Gasteiger partial charge in [0.05, 0.1) is 10.2 Å². The summed E-state index contributed by atoms with van der Waals surface area (Å²) in [6.45, 7) is 3.14. The maximum atomic E-state index is 12.1. The predicted molar refractivity (Wildman–Crippen MR) is 83.3 cm³/mol. The van der Waals surface area contributed by atoms with Gasteiger partial charge in [-0.1, -0.05) is 0 Å². The fraction of sp³-hybridized carbons (Fsp3) is 0.533. The van der Waals surface area contributed by atoms with Crippen LogP contribution in [-0.4, -0.2) is 42.5 Å². The van der Waals surface area contributed by atoms with Gasteiger partial charge in [0.1, 0.15) is 5.69 Å². The molecule has 5 heteroatoms. The van der Waals surface area contributed by atoms with E-state index >= 15 is 0 Å². The number of carbonyl (C=O) groups excluding carboxylic acids is 1. The van der Waals surface area contributed by atoms with E-state index in [4.69, 9.17) is 0 Å². The normalized spacial score (nSPS) is 20.4. The van der Waals surface area contributed by atoms with Gasteiger partial charge in [0.2, 0.25) is 0 Å². The lowest BCUT2D eigenvalue weighted by molar-refractivity contribution is 0.0944. The lowest BCUT2D eigenvalue weighted by Gasteiger charge is -2.29. The van der Waals surface area contributed by atoms with Gasteiger partial charge < -0.3 is 15.2 Å². The minimum Gasteiger partial charge on any atom is -0.351 e. The van der Waals surface area contributed by atoms with Crippen LogP contribution >= 0.6 is 11.3 Å². The van der Waals surface area contributed by atoms with Crippen molar-refractivity contribution < 1.29 is 4.79 Å². The Labute approximate surface area is 123 Å². The van der Waals surface area contributed by atoms with E-state index in [0.29, 0.717) is 5.69 Å². The molecule has 2 aromatic rings. The molecule has 108 valence electrons. The van der Waals surface area contributed by atoms with Crippen molar-refractivity contribution in [1.29, 1.82) is 0 Å². The van der Waals surface area contributed by atoms with Crippen molar-refractivity contribution in [2.75, 3.05) is 26.7 Å². The largest absolute Gasteiger partial charge is 0.351 e. The molecule has 1 aliphatic rings. The smallest absolute Gasteiger partial charge is 0.267 e. The molecule has 1 aliphatic heterocycles. The zero-order valence-corrected chi connectivity index (χ0v) is 12.6. The molecule has 0 radical (unpaired) electrons. The van der Waals surface area contributed by atoms with E-state index in [2.05, 4.69) is 22.2 Å². The van der Waals surface area contributed by atoms with Crippen molar-refractivity contribution in [1.82, 2.24) is 15.2 Å². The lowest BCUT2D eigenvalue weighted by Crippen LogP contribution is -2.34. The molecule has 4 nitrogen and oxygen atoms in total. The molecular weight excluding hydrogens is 270 g/mol. The number of H-pyrrole nitrogens is 1. The fourth-order valence-corrected chi connectivity index (χ4v) is 3.75. The summed E-state index contributed by atoms with van der Waals surface area (Å²) < 4.78 is 1.14. The quantitative estimate of drug-likeness (QED) is 0.910. The number of aromatic amines is 1. The molecule has 2 aromatic heterocycles. The number of amides is 1. The molecule has 1 amide bonds. The van der Waals surface area contributed by atoms with Gasteiger partial charge in [0.15, 0.2) is 0 Å². The van der Waals surface area contributed by atoms with Crippen molar-refractivity contribution in [3.63, 3.8) is 0 Å². The molecule has 1 atom stereocenters. The standard InChI is InChI=1S/C15H21N3OS/c1-18-7-2-3-11(10-18)4-6-16-15(19)13-9-14-12(17-13)5-8-20-14/h5,8-9,11,17H,2-4,6-7,10H2,1H3,(H,16,19)/t11-/m1/s1. The lowest BCUT2D eigenvalue weighted by atomic mass is 9.95. The van der Waals surface area contributed by atoms with Crippen LogP contribution in [0.25, 0.3) is 10.2 Å². The van der Waals surface area contributed by atoms with Gasteiger partial charge in [-0.3, -0.25) is 4.79 Å². The van der Waals surface area contributed by atoms with Gasteiger partial charge >= 0.3 is 0 Å². The van der Waals surface area contributed by atoms with Crippen LogP contribution in [0.15, 0.2) is 17.5 Å². The highest BCUT2D eigenvalue weighted by atomic mass is 32.1. The van der Waals surface area contributed by atoms with E-state index in [0.717, 1.165) is 35.6 Å². The fourth-order valence-electron chi connectivity index (χ4n) is 2.96. The number of aromatic nitrogens is 1. The first kappa shape index (κ1) is 13.6. The molecule has 3 rings (SSSR count). The molecule has 1 saturated heterocycles. The highest BCUT2D eigenvalue weighted by molar-refractivity contribution is 7.17. The molecular formula is C15H21N3OS. The SMILES string of the molecule is CN1CCC[C@H](CCNC(=O)c2cc3sccc3[nH]2)C1. The molecule has 0 bridgehead atoms. The van der Waals surface area contributed by atoms with Crippen LogP contribution in [0, 0.1) is 5.92 Å². The third-order valence-corrected chi connectivity index (χ3v) is 4.91. The second-order valence-corrected chi connectivity index (χ2v) is 6.64. The first-order chi connectivity index (χ1) is 9.72. The zero-order valence-electron chi connectivity index (χ0n) is 11.8. The highest BCUT2D eigenvalue weighted by Crippen LogP contribution is 2.21. The summed E-state index contributed by atoms with van der Waals surface area (Å²) in [7, 11) is 2.18. The molecule has 3 heterocycles. The Kier molecular flexibility index (Phi) is 4.08. The monoisotopic (exact) mass is 291 g/mol. The Balaban J connectivity index is 1.48. The Hall–Kier alpha value is -1.33. The second kappa shape index (κ2) is 5.97. The van der Waals surface area contributed by atoms with E-state index in [-0.39, 0.29) is 5.91 Å².